The van der Waals surface area contributed by atoms with Gasteiger partial charge in [0.1, 0.15) is 6.26 Å². The lowest BCUT2D eigenvalue weighted by molar-refractivity contribution is -0.131. The van der Waals surface area contributed by atoms with Crippen LogP contribution in [-0.4, -0.2) is 37.2 Å². The van der Waals surface area contributed by atoms with E-state index in [2.05, 4.69) is 51.4 Å². The summed E-state index contributed by atoms with van der Waals surface area (Å²) in [5, 5.41) is 20.5. The largest absolute Gasteiger partial charge is 0.478 e. The molecule has 0 spiro atoms. The number of halogens is 1. The Balaban J connectivity index is 0.000000440. The van der Waals surface area contributed by atoms with Crippen LogP contribution in [0.3, 0.4) is 0 Å². The Morgan fingerprint density at radius 2 is 1.94 bits per heavy atom. The Morgan fingerprint density at radius 3 is 2.68 bits per heavy atom. The van der Waals surface area contributed by atoms with Gasteiger partial charge in [-0.15, -0.1) is 0 Å². The SMILES string of the molecule is N#C/C=C/CNCCCCN1c2ccccc2CCc2ccc(Cl)cc21.O=CO/C=C\C(=O)O. The molecule has 2 aromatic carbocycles. The maximum Gasteiger partial charge on any atom is 0.331 e. The van der Waals surface area contributed by atoms with Gasteiger partial charge in [0.15, 0.2) is 0 Å². The van der Waals surface area contributed by atoms with E-state index in [1.807, 2.05) is 18.2 Å². The number of anilines is 2. The van der Waals surface area contributed by atoms with Crippen LogP contribution in [0.2, 0.25) is 5.02 Å². The topological polar surface area (TPSA) is 103 Å². The number of ether oxygens (including phenoxy) is 1. The van der Waals surface area contributed by atoms with Crippen LogP contribution in [0.25, 0.3) is 0 Å². The van der Waals surface area contributed by atoms with Gasteiger partial charge < -0.3 is 20.1 Å². The zero-order valence-electron chi connectivity index (χ0n) is 18.8. The molecule has 8 heteroatoms. The number of nitrogens with zero attached hydrogens (tertiary/aromatic N) is 2. The van der Waals surface area contributed by atoms with Crippen molar-refractivity contribution in [1.29, 1.82) is 5.26 Å². The molecule has 7 nitrogen and oxygen atoms in total. The lowest BCUT2D eigenvalue weighted by atomic mass is 10.0. The van der Waals surface area contributed by atoms with Crippen molar-refractivity contribution < 1.29 is 19.4 Å². The number of allylic oxidation sites excluding steroid dienone is 1. The number of rotatable bonds is 10. The van der Waals surface area contributed by atoms with Gasteiger partial charge in [-0.1, -0.05) is 41.9 Å². The molecule has 0 aromatic heterocycles. The predicted molar refractivity (Wildman–Crippen MR) is 133 cm³/mol. The van der Waals surface area contributed by atoms with Crippen LogP contribution in [0.1, 0.15) is 24.0 Å². The van der Waals surface area contributed by atoms with Crippen LogP contribution >= 0.6 is 11.6 Å². The smallest absolute Gasteiger partial charge is 0.331 e. The number of benzene rings is 2. The fourth-order valence-corrected chi connectivity index (χ4v) is 3.74. The second-order valence-electron chi connectivity index (χ2n) is 7.37. The average Bonchev–Trinajstić information content (AvgIpc) is 2.98. The molecule has 0 aliphatic carbocycles. The summed E-state index contributed by atoms with van der Waals surface area (Å²) in [7, 11) is 0. The van der Waals surface area contributed by atoms with Gasteiger partial charge in [-0.25, -0.2) is 4.79 Å². The molecular weight excluding hydrogens is 454 g/mol. The van der Waals surface area contributed by atoms with Crippen LogP contribution in [0, 0.1) is 11.3 Å². The molecule has 0 fully saturated rings. The first-order valence-electron chi connectivity index (χ1n) is 10.9. The van der Waals surface area contributed by atoms with Gasteiger partial charge in [-0.2, -0.15) is 5.26 Å². The minimum Gasteiger partial charge on any atom is -0.478 e. The molecule has 0 bridgehead atoms. The predicted octanol–water partition coefficient (Wildman–Crippen LogP) is 4.78. The minimum atomic E-state index is -1.15. The fraction of sp³-hybridized carbons (Fsp3) is 0.269. The number of aryl methyl sites for hydroxylation is 2. The van der Waals surface area contributed by atoms with Crippen molar-refractivity contribution in [2.75, 3.05) is 24.5 Å². The Labute approximate surface area is 204 Å². The van der Waals surface area contributed by atoms with E-state index in [0.29, 0.717) is 6.08 Å². The van der Waals surface area contributed by atoms with Gasteiger partial charge in [0.05, 0.1) is 12.1 Å². The highest BCUT2D eigenvalue weighted by atomic mass is 35.5. The molecule has 178 valence electrons. The normalized spacial score (nSPS) is 12.2. The Kier molecular flexibility index (Phi) is 12.0. The number of carbonyl (C=O) groups excluding carboxylic acids is 1. The second-order valence-corrected chi connectivity index (χ2v) is 7.81. The summed E-state index contributed by atoms with van der Waals surface area (Å²) in [6, 6.07) is 17.0. The first-order chi connectivity index (χ1) is 16.6. The van der Waals surface area contributed by atoms with Gasteiger partial charge in [0.25, 0.3) is 6.47 Å². The third-order valence-electron chi connectivity index (χ3n) is 5.07. The highest BCUT2D eigenvalue weighted by Crippen LogP contribution is 2.37. The van der Waals surface area contributed by atoms with E-state index < -0.39 is 5.97 Å². The molecule has 1 heterocycles. The number of unbranched alkanes of at least 4 members (excludes halogenated alkanes) is 1. The lowest BCUT2D eigenvalue weighted by Crippen LogP contribution is -2.22. The third kappa shape index (κ3) is 9.10. The van der Waals surface area contributed by atoms with Crippen LogP contribution in [-0.2, 0) is 27.2 Å². The summed E-state index contributed by atoms with van der Waals surface area (Å²) in [6.45, 7) is 2.81. The lowest BCUT2D eigenvalue weighted by Gasteiger charge is -2.27. The molecule has 0 radical (unpaired) electrons. The molecule has 0 amide bonds. The van der Waals surface area contributed by atoms with E-state index in [-0.39, 0.29) is 6.47 Å². The van der Waals surface area contributed by atoms with Crippen LogP contribution in [0.5, 0.6) is 0 Å². The van der Waals surface area contributed by atoms with Crippen molar-refractivity contribution in [3.05, 3.63) is 83.1 Å². The van der Waals surface area contributed by atoms with E-state index in [1.54, 1.807) is 0 Å². The molecule has 1 aliphatic rings. The van der Waals surface area contributed by atoms with Gasteiger partial charge in [-0.05, 0) is 61.6 Å². The molecule has 34 heavy (non-hydrogen) atoms. The van der Waals surface area contributed by atoms with Gasteiger partial charge >= 0.3 is 5.97 Å². The van der Waals surface area contributed by atoms with E-state index in [4.69, 9.17) is 22.0 Å². The number of nitriles is 1. The number of fused-ring (bicyclic) bond motifs is 2. The maximum absolute atomic E-state index is 9.59. The maximum atomic E-state index is 9.59. The summed E-state index contributed by atoms with van der Waals surface area (Å²) in [5.74, 6) is -1.15. The van der Waals surface area contributed by atoms with Gasteiger partial charge in [0.2, 0.25) is 0 Å². The van der Waals surface area contributed by atoms with E-state index in [0.717, 1.165) is 56.6 Å². The first-order valence-corrected chi connectivity index (χ1v) is 11.3. The number of para-hydroxylation sites is 1. The fourth-order valence-electron chi connectivity index (χ4n) is 3.57. The quantitative estimate of drug-likeness (QED) is 0.165. The standard InChI is InChI=1S/C22H24ClN3.C4H4O4/c23-20-12-11-19-10-9-18-7-1-2-8-21(18)26(22(19)17-20)16-6-5-15-25-14-4-3-13-24;5-3-8-2-1-4(6)7/h1-4,7-8,11-12,17,25H,5-6,9-10,14-16H2;1-3H,(H,6,7)/b4-3+;2-1-. The molecule has 2 aromatic rings. The second kappa shape index (κ2) is 15.3. The summed E-state index contributed by atoms with van der Waals surface area (Å²) >= 11 is 6.30. The molecular formula is C26H28ClN3O4. The van der Waals surface area contributed by atoms with Crippen molar-refractivity contribution in [2.24, 2.45) is 0 Å². The molecule has 0 atom stereocenters. The van der Waals surface area contributed by atoms with E-state index in [1.165, 1.54) is 28.6 Å². The van der Waals surface area contributed by atoms with Crippen LogP contribution in [0.4, 0.5) is 11.4 Å². The molecule has 0 unspecified atom stereocenters. The minimum absolute atomic E-state index is 0.138. The highest BCUT2D eigenvalue weighted by Gasteiger charge is 2.20. The summed E-state index contributed by atoms with van der Waals surface area (Å²) < 4.78 is 3.90. The van der Waals surface area contributed by atoms with Crippen molar-refractivity contribution in [1.82, 2.24) is 5.32 Å². The van der Waals surface area contributed by atoms with E-state index >= 15 is 0 Å². The first kappa shape index (κ1) is 26.7. The number of nitrogens with one attached hydrogen (secondary N) is 1. The monoisotopic (exact) mass is 481 g/mol. The van der Waals surface area contributed by atoms with Gasteiger partial charge in [-0.3, -0.25) is 4.79 Å². The number of carboxylic acid groups (broad SMARTS) is 1. The van der Waals surface area contributed by atoms with Crippen LogP contribution < -0.4 is 10.2 Å². The molecule has 2 N–H and O–H groups in total. The highest BCUT2D eigenvalue weighted by molar-refractivity contribution is 6.30. The van der Waals surface area contributed by atoms with Crippen molar-refractivity contribution in [2.45, 2.75) is 25.7 Å². The number of aliphatic carboxylic acids is 1. The zero-order valence-corrected chi connectivity index (χ0v) is 19.6. The Hall–Kier alpha value is -3.60. The molecule has 0 saturated carbocycles. The summed E-state index contributed by atoms with van der Waals surface area (Å²) in [6.07, 6.45) is 9.17. The summed E-state index contributed by atoms with van der Waals surface area (Å²) in [4.78, 5) is 21.3. The Morgan fingerprint density at radius 1 is 1.18 bits per heavy atom. The molecule has 3 rings (SSSR count). The number of carbonyl (C=O) groups is 2. The Bertz CT molecular complexity index is 1050. The third-order valence-corrected chi connectivity index (χ3v) is 5.30. The number of carboxylic acids is 1. The van der Waals surface area contributed by atoms with Crippen LogP contribution in [0.15, 0.2) is 67.0 Å². The number of hydrogen-bond donors (Lipinski definition) is 2. The number of hydrogen-bond acceptors (Lipinski definition) is 6. The average molecular weight is 482 g/mol. The molecule has 0 saturated heterocycles. The van der Waals surface area contributed by atoms with Crippen molar-refractivity contribution in [3.63, 3.8) is 0 Å². The van der Waals surface area contributed by atoms with Gasteiger partial charge in [0, 0.05) is 35.6 Å². The van der Waals surface area contributed by atoms with E-state index in [9.17, 15) is 9.59 Å². The zero-order chi connectivity index (χ0) is 24.6. The summed E-state index contributed by atoms with van der Waals surface area (Å²) in [5.41, 5.74) is 5.32. The van der Waals surface area contributed by atoms with Crippen molar-refractivity contribution in [3.8, 4) is 6.07 Å². The molecule has 1 aliphatic heterocycles. The van der Waals surface area contributed by atoms with Crippen molar-refractivity contribution >= 4 is 35.4 Å².